The Morgan fingerprint density at radius 2 is 1.88 bits per heavy atom. The molecule has 2 aromatic carbocycles. The smallest absolute Gasteiger partial charge is 0.118 e. The summed E-state index contributed by atoms with van der Waals surface area (Å²) in [6, 6.07) is 18.4. The predicted molar refractivity (Wildman–Crippen MR) is 98.9 cm³/mol. The van der Waals surface area contributed by atoms with Gasteiger partial charge in [-0.05, 0) is 42.1 Å². The van der Waals surface area contributed by atoms with Gasteiger partial charge in [-0.3, -0.25) is 0 Å². The van der Waals surface area contributed by atoms with Crippen LogP contribution in [0.3, 0.4) is 0 Å². The summed E-state index contributed by atoms with van der Waals surface area (Å²) in [6.07, 6.45) is 0.683. The maximum absolute atomic E-state index is 10.2. The number of rotatable bonds is 8. The van der Waals surface area contributed by atoms with E-state index in [-0.39, 0.29) is 0 Å². The lowest BCUT2D eigenvalue weighted by Crippen LogP contribution is -2.33. The summed E-state index contributed by atoms with van der Waals surface area (Å²) < 4.78 is 10.9. The molecule has 2 aromatic rings. The van der Waals surface area contributed by atoms with Gasteiger partial charge >= 0.3 is 0 Å². The number of aliphatic hydroxyl groups is 1. The maximum atomic E-state index is 10.2. The van der Waals surface area contributed by atoms with Gasteiger partial charge in [0, 0.05) is 13.1 Å². The Morgan fingerprint density at radius 3 is 2.60 bits per heavy atom. The Balaban J connectivity index is 1.39. The van der Waals surface area contributed by atoms with Crippen LogP contribution in [0.25, 0.3) is 0 Å². The summed E-state index contributed by atoms with van der Waals surface area (Å²) in [5.41, 5.74) is 2.48. The Kier molecular flexibility index (Phi) is 6.45. The van der Waals surface area contributed by atoms with E-state index in [0.717, 1.165) is 30.8 Å². The average molecular weight is 341 g/mol. The first-order valence-electron chi connectivity index (χ1n) is 8.90. The highest BCUT2D eigenvalue weighted by Gasteiger charge is 2.25. The number of nitrogens with zero attached hydrogens (tertiary/aromatic N) is 1. The van der Waals surface area contributed by atoms with Crippen molar-refractivity contribution in [3.8, 4) is 5.75 Å². The molecule has 2 unspecified atom stereocenters. The molecule has 0 aromatic heterocycles. The molecule has 4 heteroatoms. The Bertz CT molecular complexity index is 629. The lowest BCUT2D eigenvalue weighted by Gasteiger charge is -2.20. The van der Waals surface area contributed by atoms with Crippen LogP contribution >= 0.6 is 0 Å². The summed E-state index contributed by atoms with van der Waals surface area (Å²) in [7, 11) is 1.69. The molecule has 0 radical (unpaired) electrons. The fraction of sp³-hybridized carbons (Fsp3) is 0.429. The van der Waals surface area contributed by atoms with E-state index in [2.05, 4.69) is 17.0 Å². The van der Waals surface area contributed by atoms with E-state index in [1.54, 1.807) is 7.11 Å². The van der Waals surface area contributed by atoms with Crippen molar-refractivity contribution < 1.29 is 14.6 Å². The second kappa shape index (κ2) is 8.99. The van der Waals surface area contributed by atoms with Crippen LogP contribution in [0.5, 0.6) is 5.75 Å². The molecule has 1 heterocycles. The number of β-amino-alcohol motifs (C(OH)–C–C–N with tert-alkyl or cyclic N) is 1. The lowest BCUT2D eigenvalue weighted by molar-refractivity contribution is 0.0132. The standard InChI is InChI=1S/C21H27NO3/c1-24-21-9-7-18(8-10-21)19-11-12-22(13-19)14-20(23)16-25-15-17-5-3-2-4-6-17/h2-10,19-20,23H,11-16H2,1H3. The van der Waals surface area contributed by atoms with Crippen LogP contribution < -0.4 is 4.74 Å². The molecular formula is C21H27NO3. The van der Waals surface area contributed by atoms with Crippen LogP contribution in [0.15, 0.2) is 54.6 Å². The van der Waals surface area contributed by atoms with Crippen molar-refractivity contribution >= 4 is 0 Å². The second-order valence-electron chi connectivity index (χ2n) is 6.67. The van der Waals surface area contributed by atoms with E-state index < -0.39 is 6.10 Å². The molecule has 0 aliphatic carbocycles. The highest BCUT2D eigenvalue weighted by atomic mass is 16.5. The number of hydrogen-bond acceptors (Lipinski definition) is 4. The molecule has 1 saturated heterocycles. The molecule has 0 bridgehead atoms. The number of benzene rings is 2. The van der Waals surface area contributed by atoms with E-state index in [0.29, 0.717) is 25.7 Å². The first-order chi connectivity index (χ1) is 12.2. The number of ether oxygens (including phenoxy) is 2. The molecule has 0 spiro atoms. The van der Waals surface area contributed by atoms with Crippen LogP contribution in [0.4, 0.5) is 0 Å². The third-order valence-corrected chi connectivity index (χ3v) is 4.75. The molecule has 2 atom stereocenters. The van der Waals surface area contributed by atoms with Crippen LogP contribution in [0.1, 0.15) is 23.5 Å². The van der Waals surface area contributed by atoms with Crippen LogP contribution in [-0.2, 0) is 11.3 Å². The summed E-state index contributed by atoms with van der Waals surface area (Å²) in [4.78, 5) is 2.32. The molecule has 1 aliphatic rings. The SMILES string of the molecule is COc1ccc(C2CCN(CC(O)COCc3ccccc3)C2)cc1. The van der Waals surface area contributed by atoms with Gasteiger partial charge in [0.15, 0.2) is 0 Å². The zero-order valence-corrected chi connectivity index (χ0v) is 14.8. The zero-order valence-electron chi connectivity index (χ0n) is 14.8. The highest BCUT2D eigenvalue weighted by molar-refractivity contribution is 5.30. The van der Waals surface area contributed by atoms with Crippen molar-refractivity contribution in [1.29, 1.82) is 0 Å². The fourth-order valence-electron chi connectivity index (χ4n) is 3.38. The number of likely N-dealkylation sites (tertiary alicyclic amines) is 1. The maximum Gasteiger partial charge on any atom is 0.118 e. The molecule has 0 amide bonds. The fourth-order valence-corrected chi connectivity index (χ4v) is 3.38. The van der Waals surface area contributed by atoms with Gasteiger partial charge in [-0.25, -0.2) is 0 Å². The van der Waals surface area contributed by atoms with Crippen molar-refractivity contribution in [2.24, 2.45) is 0 Å². The van der Waals surface area contributed by atoms with Crippen molar-refractivity contribution in [2.75, 3.05) is 33.4 Å². The van der Waals surface area contributed by atoms with Crippen molar-refractivity contribution in [1.82, 2.24) is 4.90 Å². The van der Waals surface area contributed by atoms with E-state index in [1.807, 2.05) is 42.5 Å². The van der Waals surface area contributed by atoms with Gasteiger partial charge in [-0.15, -0.1) is 0 Å². The van der Waals surface area contributed by atoms with Gasteiger partial charge in [-0.1, -0.05) is 42.5 Å². The molecular weight excluding hydrogens is 314 g/mol. The molecule has 4 nitrogen and oxygen atoms in total. The Morgan fingerprint density at radius 1 is 1.12 bits per heavy atom. The molecule has 3 rings (SSSR count). The molecule has 134 valence electrons. The van der Waals surface area contributed by atoms with E-state index in [1.165, 1.54) is 5.56 Å². The monoisotopic (exact) mass is 341 g/mol. The van der Waals surface area contributed by atoms with E-state index in [9.17, 15) is 5.11 Å². The van der Waals surface area contributed by atoms with E-state index >= 15 is 0 Å². The van der Waals surface area contributed by atoms with Crippen LogP contribution in [0.2, 0.25) is 0 Å². The van der Waals surface area contributed by atoms with Gasteiger partial charge in [0.25, 0.3) is 0 Å². The minimum absolute atomic E-state index is 0.374. The van der Waals surface area contributed by atoms with Crippen LogP contribution in [0, 0.1) is 0 Å². The van der Waals surface area contributed by atoms with Gasteiger partial charge in [0.1, 0.15) is 5.75 Å². The van der Waals surface area contributed by atoms with Gasteiger partial charge < -0.3 is 19.5 Å². The minimum atomic E-state index is -0.446. The highest BCUT2D eigenvalue weighted by Crippen LogP contribution is 2.28. The van der Waals surface area contributed by atoms with Crippen LogP contribution in [-0.4, -0.2) is 49.5 Å². The first-order valence-corrected chi connectivity index (χ1v) is 8.90. The quantitative estimate of drug-likeness (QED) is 0.801. The number of methoxy groups -OCH3 is 1. The molecule has 0 saturated carbocycles. The summed E-state index contributed by atoms with van der Waals surface area (Å²) in [5, 5.41) is 10.2. The average Bonchev–Trinajstić information content (AvgIpc) is 3.11. The Labute approximate surface area is 150 Å². The first kappa shape index (κ1) is 17.9. The number of aliphatic hydroxyl groups excluding tert-OH is 1. The van der Waals surface area contributed by atoms with Gasteiger partial charge in [0.2, 0.25) is 0 Å². The Hall–Kier alpha value is -1.88. The third-order valence-electron chi connectivity index (χ3n) is 4.75. The second-order valence-corrected chi connectivity index (χ2v) is 6.67. The summed E-state index contributed by atoms with van der Waals surface area (Å²) in [6.45, 7) is 3.60. The zero-order chi connectivity index (χ0) is 17.5. The molecule has 1 N–H and O–H groups in total. The number of hydrogen-bond donors (Lipinski definition) is 1. The largest absolute Gasteiger partial charge is 0.497 e. The third kappa shape index (κ3) is 5.30. The van der Waals surface area contributed by atoms with Gasteiger partial charge in [-0.2, -0.15) is 0 Å². The summed E-state index contributed by atoms with van der Waals surface area (Å²) in [5.74, 6) is 1.42. The topological polar surface area (TPSA) is 41.9 Å². The predicted octanol–water partition coefficient (Wildman–Crippen LogP) is 3.06. The summed E-state index contributed by atoms with van der Waals surface area (Å²) >= 11 is 0. The molecule has 1 fully saturated rings. The van der Waals surface area contributed by atoms with Gasteiger partial charge in [0.05, 0.1) is 26.4 Å². The molecule has 1 aliphatic heterocycles. The molecule has 25 heavy (non-hydrogen) atoms. The van der Waals surface area contributed by atoms with Crippen molar-refractivity contribution in [2.45, 2.75) is 25.0 Å². The lowest BCUT2D eigenvalue weighted by atomic mass is 9.98. The van der Waals surface area contributed by atoms with E-state index in [4.69, 9.17) is 9.47 Å². The van der Waals surface area contributed by atoms with Crippen molar-refractivity contribution in [3.63, 3.8) is 0 Å². The normalized spacial score (nSPS) is 19.0. The van der Waals surface area contributed by atoms with Crippen molar-refractivity contribution in [3.05, 3.63) is 65.7 Å². The minimum Gasteiger partial charge on any atom is -0.497 e.